The van der Waals surface area contributed by atoms with E-state index < -0.39 is 0 Å². The largest absolute Gasteiger partial charge is 0.396 e. The van der Waals surface area contributed by atoms with Gasteiger partial charge < -0.3 is 10.6 Å². The molecule has 0 atom stereocenters. The molecule has 104 valence electrons. The van der Waals surface area contributed by atoms with Gasteiger partial charge in [0.25, 0.3) is 5.91 Å². The lowest BCUT2D eigenvalue weighted by molar-refractivity contribution is 0.0724. The number of rotatable bonds is 4. The first-order valence-corrected chi connectivity index (χ1v) is 6.49. The van der Waals surface area contributed by atoms with Crippen LogP contribution in [0.1, 0.15) is 28.9 Å². The number of amides is 1. The van der Waals surface area contributed by atoms with Crippen LogP contribution < -0.4 is 5.73 Å². The third-order valence-corrected chi connectivity index (χ3v) is 3.37. The molecule has 1 amide bonds. The number of benzene rings is 1. The second-order valence-corrected chi connectivity index (χ2v) is 4.99. The van der Waals surface area contributed by atoms with E-state index in [2.05, 4.69) is 10.2 Å². The minimum atomic E-state index is -0.299. The molecule has 0 aliphatic heterocycles. The lowest BCUT2D eigenvalue weighted by atomic mass is 10.2. The second kappa shape index (κ2) is 4.96. The highest BCUT2D eigenvalue weighted by Gasteiger charge is 2.34. The van der Waals surface area contributed by atoms with Crippen molar-refractivity contribution in [3.05, 3.63) is 47.5 Å². The maximum atomic E-state index is 13.2. The van der Waals surface area contributed by atoms with Crippen molar-refractivity contribution >= 4 is 11.6 Å². The van der Waals surface area contributed by atoms with Gasteiger partial charge in [0.1, 0.15) is 11.5 Å². The maximum Gasteiger partial charge on any atom is 0.274 e. The second-order valence-electron chi connectivity index (χ2n) is 4.99. The Bertz CT molecular complexity index is 636. The number of nitrogens with two attached hydrogens (primary N) is 1. The minimum Gasteiger partial charge on any atom is -0.396 e. The highest BCUT2D eigenvalue weighted by molar-refractivity contribution is 5.97. The molecule has 2 aromatic rings. The molecule has 3 N–H and O–H groups in total. The molecule has 1 fully saturated rings. The zero-order valence-corrected chi connectivity index (χ0v) is 10.8. The van der Waals surface area contributed by atoms with E-state index in [1.54, 1.807) is 11.0 Å². The Morgan fingerprint density at radius 1 is 1.50 bits per heavy atom. The average molecular weight is 274 g/mol. The van der Waals surface area contributed by atoms with Crippen LogP contribution in [0.2, 0.25) is 0 Å². The number of aromatic nitrogens is 2. The number of hydrogen-bond donors (Lipinski definition) is 2. The van der Waals surface area contributed by atoms with Crippen LogP contribution in [0.25, 0.3) is 0 Å². The number of carbonyl (C=O) groups is 1. The Labute approximate surface area is 115 Å². The van der Waals surface area contributed by atoms with Gasteiger partial charge >= 0.3 is 0 Å². The Balaban J connectivity index is 1.83. The molecule has 5 nitrogen and oxygen atoms in total. The molecule has 0 spiro atoms. The van der Waals surface area contributed by atoms with Crippen LogP contribution in [-0.4, -0.2) is 27.0 Å². The lowest BCUT2D eigenvalue weighted by Crippen LogP contribution is -2.33. The van der Waals surface area contributed by atoms with Crippen molar-refractivity contribution in [2.75, 3.05) is 5.73 Å². The van der Waals surface area contributed by atoms with Crippen molar-refractivity contribution in [1.82, 2.24) is 15.1 Å². The van der Waals surface area contributed by atoms with Gasteiger partial charge in [0.2, 0.25) is 0 Å². The van der Waals surface area contributed by atoms with E-state index in [1.807, 2.05) is 6.07 Å². The summed E-state index contributed by atoms with van der Waals surface area (Å²) in [4.78, 5) is 14.2. The molecule has 0 radical (unpaired) electrons. The number of aromatic amines is 1. The monoisotopic (exact) mass is 274 g/mol. The predicted molar refractivity (Wildman–Crippen MR) is 72.3 cm³/mol. The Kier molecular flexibility index (Phi) is 3.14. The quantitative estimate of drug-likeness (QED) is 0.894. The predicted octanol–water partition coefficient (Wildman–Crippen LogP) is 1.94. The fourth-order valence-electron chi connectivity index (χ4n) is 2.20. The van der Waals surface area contributed by atoms with Crippen molar-refractivity contribution < 1.29 is 9.18 Å². The Morgan fingerprint density at radius 3 is 2.90 bits per heavy atom. The summed E-state index contributed by atoms with van der Waals surface area (Å²) in [5, 5.41) is 6.39. The van der Waals surface area contributed by atoms with Gasteiger partial charge in [-0.05, 0) is 30.5 Å². The summed E-state index contributed by atoms with van der Waals surface area (Å²) in [6, 6.07) is 6.49. The first-order chi connectivity index (χ1) is 9.65. The molecule has 0 unspecified atom stereocenters. The highest BCUT2D eigenvalue weighted by atomic mass is 19.1. The van der Waals surface area contributed by atoms with Crippen LogP contribution in [0.15, 0.2) is 30.5 Å². The van der Waals surface area contributed by atoms with Crippen molar-refractivity contribution in [2.24, 2.45) is 0 Å². The summed E-state index contributed by atoms with van der Waals surface area (Å²) in [6.07, 6.45) is 3.35. The number of carbonyl (C=O) groups excluding carboxylic acids is 1. The van der Waals surface area contributed by atoms with Crippen LogP contribution in [0.4, 0.5) is 10.1 Å². The van der Waals surface area contributed by atoms with Gasteiger partial charge in [-0.1, -0.05) is 12.1 Å². The van der Waals surface area contributed by atoms with E-state index in [-0.39, 0.29) is 17.8 Å². The maximum absolute atomic E-state index is 13.2. The fraction of sp³-hybridized carbons (Fsp3) is 0.286. The zero-order chi connectivity index (χ0) is 14.1. The molecule has 20 heavy (non-hydrogen) atoms. The first kappa shape index (κ1) is 12.7. The fourth-order valence-corrected chi connectivity index (χ4v) is 2.20. The van der Waals surface area contributed by atoms with Crippen LogP contribution in [0.3, 0.4) is 0 Å². The van der Waals surface area contributed by atoms with E-state index in [0.717, 1.165) is 18.4 Å². The normalized spacial score (nSPS) is 14.2. The lowest BCUT2D eigenvalue weighted by Gasteiger charge is -2.22. The van der Waals surface area contributed by atoms with Crippen molar-refractivity contribution in [3.8, 4) is 0 Å². The van der Waals surface area contributed by atoms with E-state index in [4.69, 9.17) is 5.73 Å². The van der Waals surface area contributed by atoms with Gasteiger partial charge in [0.05, 0.1) is 11.9 Å². The number of nitrogen functional groups attached to an aromatic ring is 1. The summed E-state index contributed by atoms with van der Waals surface area (Å²) >= 11 is 0. The van der Waals surface area contributed by atoms with Crippen LogP contribution in [0.5, 0.6) is 0 Å². The van der Waals surface area contributed by atoms with Crippen molar-refractivity contribution in [1.29, 1.82) is 0 Å². The summed E-state index contributed by atoms with van der Waals surface area (Å²) in [6.45, 7) is 0.375. The van der Waals surface area contributed by atoms with Gasteiger partial charge in [-0.2, -0.15) is 5.10 Å². The van der Waals surface area contributed by atoms with E-state index in [1.165, 1.54) is 18.3 Å². The van der Waals surface area contributed by atoms with Crippen LogP contribution >= 0.6 is 0 Å². The van der Waals surface area contributed by atoms with Crippen molar-refractivity contribution in [3.63, 3.8) is 0 Å². The van der Waals surface area contributed by atoms with Gasteiger partial charge in [-0.15, -0.1) is 0 Å². The van der Waals surface area contributed by atoms with E-state index in [0.29, 0.717) is 17.9 Å². The standard InChI is InChI=1S/C14H15FN4O/c15-10-3-1-2-9(6-10)8-19(11-4-5-11)14(20)13-12(16)7-17-18-13/h1-3,6-7,11H,4-5,8,16H2,(H,17,18). The Morgan fingerprint density at radius 2 is 2.30 bits per heavy atom. The molecular formula is C14H15FN4O. The molecule has 1 aromatic carbocycles. The molecular weight excluding hydrogens is 259 g/mol. The molecule has 3 rings (SSSR count). The molecule has 1 aliphatic rings. The molecule has 1 aliphatic carbocycles. The SMILES string of the molecule is Nc1cn[nH]c1C(=O)N(Cc1cccc(F)c1)C1CC1. The number of H-pyrrole nitrogens is 1. The third-order valence-electron chi connectivity index (χ3n) is 3.37. The minimum absolute atomic E-state index is 0.188. The zero-order valence-electron chi connectivity index (χ0n) is 10.8. The van der Waals surface area contributed by atoms with E-state index in [9.17, 15) is 9.18 Å². The number of anilines is 1. The smallest absolute Gasteiger partial charge is 0.274 e. The van der Waals surface area contributed by atoms with Crippen LogP contribution in [0, 0.1) is 5.82 Å². The summed E-state index contributed by atoms with van der Waals surface area (Å²) in [5.74, 6) is -0.487. The van der Waals surface area contributed by atoms with E-state index >= 15 is 0 Å². The first-order valence-electron chi connectivity index (χ1n) is 6.49. The third kappa shape index (κ3) is 2.49. The highest BCUT2D eigenvalue weighted by Crippen LogP contribution is 2.30. The average Bonchev–Trinajstić information content (AvgIpc) is 3.17. The molecule has 0 bridgehead atoms. The summed E-state index contributed by atoms with van der Waals surface area (Å²) < 4.78 is 13.2. The number of halogens is 1. The molecule has 1 heterocycles. The van der Waals surface area contributed by atoms with Crippen LogP contribution in [-0.2, 0) is 6.54 Å². The van der Waals surface area contributed by atoms with Gasteiger partial charge in [-0.25, -0.2) is 4.39 Å². The topological polar surface area (TPSA) is 75.0 Å². The number of hydrogen-bond acceptors (Lipinski definition) is 3. The summed E-state index contributed by atoms with van der Waals surface area (Å²) in [7, 11) is 0. The molecule has 1 saturated carbocycles. The number of nitrogens with one attached hydrogen (secondary N) is 1. The number of nitrogens with zero attached hydrogens (tertiary/aromatic N) is 2. The molecule has 0 saturated heterocycles. The summed E-state index contributed by atoms with van der Waals surface area (Å²) in [5.41, 5.74) is 7.12. The Hall–Kier alpha value is -2.37. The van der Waals surface area contributed by atoms with Gasteiger partial charge in [0, 0.05) is 12.6 Å². The van der Waals surface area contributed by atoms with Gasteiger partial charge in [-0.3, -0.25) is 9.89 Å². The molecule has 6 heteroatoms. The van der Waals surface area contributed by atoms with Gasteiger partial charge in [0.15, 0.2) is 0 Å². The molecule has 1 aromatic heterocycles. The van der Waals surface area contributed by atoms with Crippen molar-refractivity contribution in [2.45, 2.75) is 25.4 Å².